The first-order valence-electron chi connectivity index (χ1n) is 4.73. The number of pyridine rings is 1. The van der Waals surface area contributed by atoms with Crippen molar-refractivity contribution in [3.63, 3.8) is 0 Å². The monoisotopic (exact) mass is 219 g/mol. The highest BCUT2D eigenvalue weighted by Crippen LogP contribution is 2.21. The second kappa shape index (κ2) is 4.36. The van der Waals surface area contributed by atoms with Crippen LogP contribution >= 0.6 is 11.6 Å². The van der Waals surface area contributed by atoms with Crippen LogP contribution in [0, 0.1) is 0 Å². The predicted molar refractivity (Wildman–Crippen MR) is 59.7 cm³/mol. The summed E-state index contributed by atoms with van der Waals surface area (Å²) in [6.07, 6.45) is 4.53. The van der Waals surface area contributed by atoms with Gasteiger partial charge in [-0.15, -0.1) is 10.2 Å². The first-order chi connectivity index (χ1) is 7.31. The van der Waals surface area contributed by atoms with Crippen molar-refractivity contribution >= 4 is 11.6 Å². The molecule has 0 aliphatic carbocycles. The minimum absolute atomic E-state index is 0.408. The Labute approximate surface area is 93.1 Å². The number of hydrogen-bond acceptors (Lipinski definition) is 3. The number of hydrogen-bond donors (Lipinski definition) is 0. The third-order valence-corrected chi connectivity index (χ3v) is 2.39. The van der Waals surface area contributed by atoms with Crippen LogP contribution < -0.4 is 0 Å². The fraction of sp³-hybridized carbons (Fsp3) is 0.182. The Hall–Kier alpha value is -1.48. The zero-order chi connectivity index (χ0) is 10.7. The van der Waals surface area contributed by atoms with E-state index in [2.05, 4.69) is 22.1 Å². The summed E-state index contributed by atoms with van der Waals surface area (Å²) < 4.78 is 0. The molecular weight excluding hydrogens is 210 g/mol. The van der Waals surface area contributed by atoms with Gasteiger partial charge in [-0.2, -0.15) is 0 Å². The summed E-state index contributed by atoms with van der Waals surface area (Å²) in [5.41, 5.74) is 3.06. The molecule has 0 saturated carbocycles. The largest absolute Gasteiger partial charge is 0.264 e. The van der Waals surface area contributed by atoms with Gasteiger partial charge in [0.1, 0.15) is 0 Å². The molecule has 0 radical (unpaired) electrons. The summed E-state index contributed by atoms with van der Waals surface area (Å²) >= 11 is 5.69. The Morgan fingerprint density at radius 3 is 2.73 bits per heavy atom. The summed E-state index contributed by atoms with van der Waals surface area (Å²) in [5, 5.41) is 8.28. The molecule has 0 N–H and O–H groups in total. The molecule has 0 unspecified atom stereocenters. The van der Waals surface area contributed by atoms with Crippen LogP contribution in [0.3, 0.4) is 0 Å². The van der Waals surface area contributed by atoms with Gasteiger partial charge < -0.3 is 0 Å². The van der Waals surface area contributed by atoms with Crippen LogP contribution in [0.2, 0.25) is 5.15 Å². The summed E-state index contributed by atoms with van der Waals surface area (Å²) in [7, 11) is 0. The van der Waals surface area contributed by atoms with Gasteiger partial charge in [-0.25, -0.2) is 0 Å². The fourth-order valence-electron chi connectivity index (χ4n) is 1.42. The molecule has 15 heavy (non-hydrogen) atoms. The maximum absolute atomic E-state index is 5.69. The van der Waals surface area contributed by atoms with E-state index in [1.54, 1.807) is 12.3 Å². The van der Waals surface area contributed by atoms with Gasteiger partial charge in [0.05, 0.1) is 5.69 Å². The van der Waals surface area contributed by atoms with Crippen LogP contribution in [-0.2, 0) is 6.42 Å². The Kier molecular flexibility index (Phi) is 2.92. The summed E-state index contributed by atoms with van der Waals surface area (Å²) in [6.45, 7) is 2.09. The molecule has 3 nitrogen and oxygen atoms in total. The highest BCUT2D eigenvalue weighted by atomic mass is 35.5. The van der Waals surface area contributed by atoms with E-state index in [1.165, 1.54) is 0 Å². The SMILES string of the molecule is CCc1cnccc1-c1ccc(Cl)nn1. The Morgan fingerprint density at radius 2 is 2.07 bits per heavy atom. The van der Waals surface area contributed by atoms with Crippen molar-refractivity contribution in [2.24, 2.45) is 0 Å². The summed E-state index contributed by atoms with van der Waals surface area (Å²) in [5.74, 6) is 0. The molecule has 0 aromatic carbocycles. The number of rotatable bonds is 2. The second-order valence-corrected chi connectivity index (χ2v) is 3.51. The van der Waals surface area contributed by atoms with E-state index in [1.807, 2.05) is 18.3 Å². The van der Waals surface area contributed by atoms with Crippen LogP contribution in [0.4, 0.5) is 0 Å². The lowest BCUT2D eigenvalue weighted by Crippen LogP contribution is -1.92. The Morgan fingerprint density at radius 1 is 1.20 bits per heavy atom. The molecule has 2 aromatic heterocycles. The lowest BCUT2D eigenvalue weighted by atomic mass is 10.1. The lowest BCUT2D eigenvalue weighted by molar-refractivity contribution is 1.02. The summed E-state index contributed by atoms with van der Waals surface area (Å²) in [6, 6.07) is 5.55. The second-order valence-electron chi connectivity index (χ2n) is 3.13. The van der Waals surface area contributed by atoms with E-state index in [-0.39, 0.29) is 0 Å². The average molecular weight is 220 g/mol. The molecule has 76 valence electrons. The van der Waals surface area contributed by atoms with Crippen molar-refractivity contribution in [2.45, 2.75) is 13.3 Å². The molecule has 2 rings (SSSR count). The molecule has 2 heterocycles. The number of aromatic nitrogens is 3. The molecule has 0 fully saturated rings. The van der Waals surface area contributed by atoms with Gasteiger partial charge in [-0.1, -0.05) is 18.5 Å². The van der Waals surface area contributed by atoms with E-state index in [0.717, 1.165) is 23.2 Å². The van der Waals surface area contributed by atoms with Crippen LogP contribution in [-0.4, -0.2) is 15.2 Å². The van der Waals surface area contributed by atoms with Crippen LogP contribution in [0.25, 0.3) is 11.3 Å². The highest BCUT2D eigenvalue weighted by molar-refractivity contribution is 6.29. The molecule has 0 saturated heterocycles. The summed E-state index contributed by atoms with van der Waals surface area (Å²) in [4.78, 5) is 4.08. The zero-order valence-electron chi connectivity index (χ0n) is 8.31. The first kappa shape index (κ1) is 10.1. The van der Waals surface area contributed by atoms with Crippen molar-refractivity contribution in [3.8, 4) is 11.3 Å². The Bertz CT molecular complexity index is 454. The van der Waals surface area contributed by atoms with Gasteiger partial charge >= 0.3 is 0 Å². The van der Waals surface area contributed by atoms with Gasteiger partial charge in [0, 0.05) is 18.0 Å². The van der Waals surface area contributed by atoms with Crippen LogP contribution in [0.5, 0.6) is 0 Å². The topological polar surface area (TPSA) is 38.7 Å². The molecule has 4 heteroatoms. The number of halogens is 1. The molecule has 2 aromatic rings. The van der Waals surface area contributed by atoms with Crippen LogP contribution in [0.1, 0.15) is 12.5 Å². The van der Waals surface area contributed by atoms with Gasteiger partial charge in [-0.05, 0) is 30.2 Å². The minimum Gasteiger partial charge on any atom is -0.264 e. The average Bonchev–Trinajstić information content (AvgIpc) is 2.30. The highest BCUT2D eigenvalue weighted by Gasteiger charge is 2.04. The number of aryl methyl sites for hydroxylation is 1. The maximum Gasteiger partial charge on any atom is 0.151 e. The van der Waals surface area contributed by atoms with Gasteiger partial charge in [-0.3, -0.25) is 4.98 Å². The van der Waals surface area contributed by atoms with Gasteiger partial charge in [0.15, 0.2) is 5.15 Å². The van der Waals surface area contributed by atoms with E-state index in [4.69, 9.17) is 11.6 Å². The molecule has 0 bridgehead atoms. The van der Waals surface area contributed by atoms with Crippen molar-refractivity contribution < 1.29 is 0 Å². The van der Waals surface area contributed by atoms with Gasteiger partial charge in [0.2, 0.25) is 0 Å². The van der Waals surface area contributed by atoms with Crippen molar-refractivity contribution in [1.82, 2.24) is 15.2 Å². The van der Waals surface area contributed by atoms with Crippen molar-refractivity contribution in [3.05, 3.63) is 41.3 Å². The van der Waals surface area contributed by atoms with E-state index in [9.17, 15) is 0 Å². The molecule has 0 amide bonds. The number of nitrogens with zero attached hydrogens (tertiary/aromatic N) is 3. The van der Waals surface area contributed by atoms with E-state index in [0.29, 0.717) is 5.15 Å². The molecule has 0 spiro atoms. The zero-order valence-corrected chi connectivity index (χ0v) is 9.07. The predicted octanol–water partition coefficient (Wildman–Crippen LogP) is 2.75. The van der Waals surface area contributed by atoms with Crippen LogP contribution in [0.15, 0.2) is 30.6 Å². The Balaban J connectivity index is 2.49. The standard InChI is InChI=1S/C11H10ClN3/c1-2-8-7-13-6-5-9(8)10-3-4-11(12)15-14-10/h3-7H,2H2,1H3. The molecule has 0 aliphatic rings. The minimum atomic E-state index is 0.408. The lowest BCUT2D eigenvalue weighted by Gasteiger charge is -2.04. The molecule has 0 atom stereocenters. The van der Waals surface area contributed by atoms with E-state index >= 15 is 0 Å². The quantitative estimate of drug-likeness (QED) is 0.780. The normalized spacial score (nSPS) is 10.3. The van der Waals surface area contributed by atoms with Gasteiger partial charge in [0.25, 0.3) is 0 Å². The third kappa shape index (κ3) is 2.13. The molecule has 0 aliphatic heterocycles. The third-order valence-electron chi connectivity index (χ3n) is 2.19. The van der Waals surface area contributed by atoms with Crippen molar-refractivity contribution in [2.75, 3.05) is 0 Å². The first-order valence-corrected chi connectivity index (χ1v) is 5.11. The smallest absolute Gasteiger partial charge is 0.151 e. The molecular formula is C11H10ClN3. The fourth-order valence-corrected chi connectivity index (χ4v) is 1.52. The maximum atomic E-state index is 5.69. The van der Waals surface area contributed by atoms with Crippen molar-refractivity contribution in [1.29, 1.82) is 0 Å². The van der Waals surface area contributed by atoms with E-state index < -0.39 is 0 Å².